The van der Waals surface area contributed by atoms with Crippen LogP contribution in [0.5, 0.6) is 0 Å². The number of carbonyl (C=O) groups excluding carboxylic acids is 1. The monoisotopic (exact) mass is 365 g/mol. The molecule has 0 unspecified atom stereocenters. The number of carbonyl (C=O) groups is 1. The zero-order valence-electron chi connectivity index (χ0n) is 15.4. The highest BCUT2D eigenvalue weighted by Gasteiger charge is 2.13. The molecular weight excluding hydrogens is 342 g/mol. The molecule has 0 radical (unpaired) electrons. The van der Waals surface area contributed by atoms with E-state index in [9.17, 15) is 4.79 Å². The van der Waals surface area contributed by atoms with Gasteiger partial charge in [-0.25, -0.2) is 0 Å². The molecule has 0 aliphatic heterocycles. The lowest BCUT2D eigenvalue weighted by molar-refractivity contribution is -0.143. The summed E-state index contributed by atoms with van der Waals surface area (Å²) in [5, 5.41) is 4.46. The Balaban J connectivity index is 1.75. The van der Waals surface area contributed by atoms with Crippen LogP contribution in [-0.4, -0.2) is 43.8 Å². The molecule has 0 atom stereocenters. The summed E-state index contributed by atoms with van der Waals surface area (Å²) < 4.78 is 6.99. The van der Waals surface area contributed by atoms with Crippen molar-refractivity contribution in [1.29, 1.82) is 0 Å². The van der Waals surface area contributed by atoms with Gasteiger partial charge in [-0.05, 0) is 36.8 Å². The molecule has 0 N–H and O–H groups in total. The minimum atomic E-state index is -0.191. The highest BCUT2D eigenvalue weighted by molar-refractivity contribution is 5.69. The van der Waals surface area contributed by atoms with Crippen molar-refractivity contribution in [3.63, 3.8) is 0 Å². The minimum absolute atomic E-state index is 0.191. The number of pyridine rings is 2. The quantitative estimate of drug-likeness (QED) is 0.543. The topological polar surface area (TPSA) is 73.1 Å². The van der Waals surface area contributed by atoms with Gasteiger partial charge in [0.05, 0.1) is 25.4 Å². The van der Waals surface area contributed by atoms with Crippen molar-refractivity contribution in [2.24, 2.45) is 0 Å². The highest BCUT2D eigenvalue weighted by Crippen LogP contribution is 2.18. The maximum atomic E-state index is 11.8. The van der Waals surface area contributed by atoms with Gasteiger partial charge in [-0.3, -0.25) is 24.3 Å². The Hall–Kier alpha value is -3.06. The van der Waals surface area contributed by atoms with Gasteiger partial charge >= 0.3 is 5.97 Å². The lowest BCUT2D eigenvalue weighted by atomic mass is 10.2. The fraction of sp³-hybridized carbons (Fsp3) is 0.300. The molecule has 0 bridgehead atoms. The van der Waals surface area contributed by atoms with E-state index >= 15 is 0 Å². The summed E-state index contributed by atoms with van der Waals surface area (Å²) in [6.45, 7) is 4.01. The van der Waals surface area contributed by atoms with E-state index in [1.807, 2.05) is 48.1 Å². The van der Waals surface area contributed by atoms with Crippen molar-refractivity contribution in [2.75, 3.05) is 13.2 Å². The lowest BCUT2D eigenvalue weighted by Gasteiger charge is -2.23. The van der Waals surface area contributed by atoms with Crippen molar-refractivity contribution in [3.05, 3.63) is 66.9 Å². The van der Waals surface area contributed by atoms with Crippen LogP contribution in [0.25, 0.3) is 11.3 Å². The summed E-state index contributed by atoms with van der Waals surface area (Å²) >= 11 is 0. The van der Waals surface area contributed by atoms with Crippen LogP contribution < -0.4 is 0 Å². The summed E-state index contributed by atoms with van der Waals surface area (Å²) in [6, 6.07) is 9.82. The van der Waals surface area contributed by atoms with Crippen molar-refractivity contribution in [2.45, 2.75) is 26.6 Å². The maximum absolute atomic E-state index is 11.8. The molecule has 0 saturated carbocycles. The first-order chi connectivity index (χ1) is 13.3. The van der Waals surface area contributed by atoms with E-state index in [2.05, 4.69) is 20.0 Å². The van der Waals surface area contributed by atoms with Crippen molar-refractivity contribution in [1.82, 2.24) is 24.6 Å². The summed E-state index contributed by atoms with van der Waals surface area (Å²) in [4.78, 5) is 22.2. The second-order valence-corrected chi connectivity index (χ2v) is 6.06. The van der Waals surface area contributed by atoms with Crippen LogP contribution in [0.4, 0.5) is 0 Å². The van der Waals surface area contributed by atoms with Crippen LogP contribution in [-0.2, 0) is 22.7 Å². The first kappa shape index (κ1) is 18.7. The third-order valence-electron chi connectivity index (χ3n) is 4.09. The van der Waals surface area contributed by atoms with E-state index in [-0.39, 0.29) is 5.97 Å². The molecule has 3 aromatic heterocycles. The molecule has 3 rings (SSSR count). The largest absolute Gasteiger partial charge is 0.466 e. The fourth-order valence-corrected chi connectivity index (χ4v) is 2.83. The molecule has 0 aliphatic carbocycles. The zero-order chi connectivity index (χ0) is 18.9. The molecule has 0 amide bonds. The predicted octanol–water partition coefficient (Wildman–Crippen LogP) is 2.75. The van der Waals surface area contributed by atoms with Crippen LogP contribution in [0, 0.1) is 0 Å². The van der Waals surface area contributed by atoms with Crippen LogP contribution >= 0.6 is 0 Å². The molecule has 7 nitrogen and oxygen atoms in total. The van der Waals surface area contributed by atoms with Gasteiger partial charge < -0.3 is 4.74 Å². The normalized spacial score (nSPS) is 10.9. The molecular formula is C20H23N5O2. The van der Waals surface area contributed by atoms with Gasteiger partial charge in [-0.1, -0.05) is 6.07 Å². The Morgan fingerprint density at radius 1 is 1.11 bits per heavy atom. The van der Waals surface area contributed by atoms with E-state index in [4.69, 9.17) is 4.74 Å². The molecule has 0 fully saturated rings. The average Bonchev–Trinajstić information content (AvgIpc) is 3.16. The van der Waals surface area contributed by atoms with Gasteiger partial charge in [0.25, 0.3) is 0 Å². The Morgan fingerprint density at radius 3 is 2.70 bits per heavy atom. The first-order valence-electron chi connectivity index (χ1n) is 8.95. The number of ether oxygens (including phenoxy) is 1. The standard InChI is InChI=1S/C20H23N5O2/c1-2-27-20(26)8-13-24(15-17-4-3-9-22-14-17)16-25-19(7-12-23-25)18-5-10-21-11-6-18/h3-7,9-12,14H,2,8,13,15-16H2,1H3. The fourth-order valence-electron chi connectivity index (χ4n) is 2.83. The number of hydrogen-bond acceptors (Lipinski definition) is 6. The molecule has 140 valence electrons. The van der Waals surface area contributed by atoms with Crippen molar-refractivity contribution >= 4 is 5.97 Å². The second-order valence-electron chi connectivity index (χ2n) is 6.06. The molecule has 0 spiro atoms. The number of rotatable bonds is 9. The van der Waals surface area contributed by atoms with Crippen LogP contribution in [0.1, 0.15) is 18.9 Å². The molecule has 0 saturated heterocycles. The van der Waals surface area contributed by atoms with Gasteiger partial charge in [-0.15, -0.1) is 0 Å². The lowest BCUT2D eigenvalue weighted by Crippen LogP contribution is -2.29. The zero-order valence-corrected chi connectivity index (χ0v) is 15.4. The predicted molar refractivity (Wildman–Crippen MR) is 101 cm³/mol. The van der Waals surface area contributed by atoms with Crippen LogP contribution in [0.2, 0.25) is 0 Å². The van der Waals surface area contributed by atoms with E-state index in [1.54, 1.807) is 24.8 Å². The highest BCUT2D eigenvalue weighted by atomic mass is 16.5. The summed E-state index contributed by atoms with van der Waals surface area (Å²) in [7, 11) is 0. The van der Waals surface area contributed by atoms with Gasteiger partial charge in [-0.2, -0.15) is 5.10 Å². The van der Waals surface area contributed by atoms with E-state index in [0.29, 0.717) is 32.8 Å². The van der Waals surface area contributed by atoms with E-state index in [1.165, 1.54) is 0 Å². The number of nitrogens with zero attached hydrogens (tertiary/aromatic N) is 5. The smallest absolute Gasteiger partial charge is 0.307 e. The molecule has 3 aromatic rings. The average molecular weight is 365 g/mol. The van der Waals surface area contributed by atoms with Gasteiger partial charge in [0.2, 0.25) is 0 Å². The van der Waals surface area contributed by atoms with Crippen molar-refractivity contribution < 1.29 is 9.53 Å². The number of esters is 1. The van der Waals surface area contributed by atoms with Crippen LogP contribution in [0.3, 0.4) is 0 Å². The number of aromatic nitrogens is 4. The van der Waals surface area contributed by atoms with E-state index in [0.717, 1.165) is 16.8 Å². The van der Waals surface area contributed by atoms with Crippen LogP contribution in [0.15, 0.2) is 61.3 Å². The Labute approximate surface area is 158 Å². The number of hydrogen-bond donors (Lipinski definition) is 0. The first-order valence-corrected chi connectivity index (χ1v) is 8.95. The Bertz CT molecular complexity index is 836. The van der Waals surface area contributed by atoms with E-state index < -0.39 is 0 Å². The Kier molecular flexibility index (Phi) is 6.65. The minimum Gasteiger partial charge on any atom is -0.466 e. The third kappa shape index (κ3) is 5.46. The van der Waals surface area contributed by atoms with Gasteiger partial charge in [0.1, 0.15) is 0 Å². The maximum Gasteiger partial charge on any atom is 0.307 e. The van der Waals surface area contributed by atoms with Gasteiger partial charge in [0, 0.05) is 49.6 Å². The molecule has 7 heteroatoms. The molecule has 27 heavy (non-hydrogen) atoms. The second kappa shape index (κ2) is 9.59. The molecule has 0 aromatic carbocycles. The third-order valence-corrected chi connectivity index (χ3v) is 4.09. The SMILES string of the molecule is CCOC(=O)CCN(Cc1cccnc1)Cn1nccc1-c1ccncc1. The van der Waals surface area contributed by atoms with Crippen molar-refractivity contribution in [3.8, 4) is 11.3 Å². The Morgan fingerprint density at radius 2 is 1.96 bits per heavy atom. The molecule has 3 heterocycles. The molecule has 0 aliphatic rings. The summed E-state index contributed by atoms with van der Waals surface area (Å²) in [5.41, 5.74) is 3.14. The summed E-state index contributed by atoms with van der Waals surface area (Å²) in [6.07, 6.45) is 9.23. The van der Waals surface area contributed by atoms with Gasteiger partial charge in [0.15, 0.2) is 0 Å². The summed E-state index contributed by atoms with van der Waals surface area (Å²) in [5.74, 6) is -0.191.